The highest BCUT2D eigenvalue weighted by Crippen LogP contribution is 2.22. The van der Waals surface area contributed by atoms with Gasteiger partial charge in [0.05, 0.1) is 0 Å². The van der Waals surface area contributed by atoms with E-state index in [4.69, 9.17) is 5.11 Å². The molecule has 0 saturated carbocycles. The van der Waals surface area contributed by atoms with Gasteiger partial charge in [-0.05, 0) is 37.1 Å². The van der Waals surface area contributed by atoms with Crippen LogP contribution in [0.2, 0.25) is 0 Å². The van der Waals surface area contributed by atoms with E-state index in [0.717, 1.165) is 12.8 Å². The van der Waals surface area contributed by atoms with Crippen LogP contribution in [0.25, 0.3) is 0 Å². The minimum atomic E-state index is 0.338. The van der Waals surface area contributed by atoms with Crippen molar-refractivity contribution in [3.63, 3.8) is 0 Å². The van der Waals surface area contributed by atoms with E-state index < -0.39 is 0 Å². The average Bonchev–Trinajstić information content (AvgIpc) is 2.25. The Labute approximate surface area is 96.9 Å². The summed E-state index contributed by atoms with van der Waals surface area (Å²) in [5.41, 5.74) is 1.37. The van der Waals surface area contributed by atoms with Gasteiger partial charge in [-0.3, -0.25) is 0 Å². The lowest BCUT2D eigenvalue weighted by Gasteiger charge is -2.04. The lowest BCUT2D eigenvalue weighted by molar-refractivity contribution is 0.283. The normalized spacial score (nSPS) is 10.5. The first-order valence-electron chi connectivity index (χ1n) is 5.64. The lowest BCUT2D eigenvalue weighted by Crippen LogP contribution is -1.86. The number of hydrogen-bond acceptors (Lipinski definition) is 2. The van der Waals surface area contributed by atoms with E-state index in [9.17, 15) is 0 Å². The summed E-state index contributed by atoms with van der Waals surface area (Å²) in [7, 11) is 0. The van der Waals surface area contributed by atoms with Crippen molar-refractivity contribution in [1.82, 2.24) is 0 Å². The van der Waals surface area contributed by atoms with Gasteiger partial charge in [-0.1, -0.05) is 31.0 Å². The molecule has 0 unspecified atom stereocenters. The Hall–Kier alpha value is -0.470. The molecule has 0 heterocycles. The van der Waals surface area contributed by atoms with E-state index in [-0.39, 0.29) is 0 Å². The molecule has 0 bridgehead atoms. The average molecular weight is 224 g/mol. The van der Waals surface area contributed by atoms with Crippen molar-refractivity contribution in [3.05, 3.63) is 29.8 Å². The van der Waals surface area contributed by atoms with E-state index in [1.807, 2.05) is 11.8 Å². The van der Waals surface area contributed by atoms with Gasteiger partial charge in [-0.25, -0.2) is 0 Å². The van der Waals surface area contributed by atoms with E-state index in [2.05, 4.69) is 31.2 Å². The second-order valence-corrected chi connectivity index (χ2v) is 4.89. The fourth-order valence-electron chi connectivity index (χ4n) is 1.47. The summed E-state index contributed by atoms with van der Waals surface area (Å²) in [5, 5.41) is 8.63. The quantitative estimate of drug-likeness (QED) is 0.563. The molecule has 0 radical (unpaired) electrons. The molecule has 0 atom stereocenters. The van der Waals surface area contributed by atoms with Crippen molar-refractivity contribution in [2.75, 3.05) is 12.4 Å². The minimum Gasteiger partial charge on any atom is -0.396 e. The highest BCUT2D eigenvalue weighted by molar-refractivity contribution is 7.99. The zero-order chi connectivity index (χ0) is 10.9. The molecule has 0 aliphatic rings. The van der Waals surface area contributed by atoms with E-state index in [1.54, 1.807) is 0 Å². The van der Waals surface area contributed by atoms with Crippen molar-refractivity contribution >= 4 is 11.8 Å². The summed E-state index contributed by atoms with van der Waals surface area (Å²) in [4.78, 5) is 1.40. The number of aryl methyl sites for hydroxylation is 1. The number of rotatable bonds is 7. The third-order valence-electron chi connectivity index (χ3n) is 2.40. The molecule has 0 aliphatic heterocycles. The van der Waals surface area contributed by atoms with Crippen LogP contribution in [0.5, 0.6) is 0 Å². The van der Waals surface area contributed by atoms with E-state index in [0.29, 0.717) is 6.61 Å². The lowest BCUT2D eigenvalue weighted by atomic mass is 10.2. The molecule has 1 rings (SSSR count). The number of aliphatic hydroxyl groups excluding tert-OH is 1. The van der Waals surface area contributed by atoms with Crippen LogP contribution in [0.3, 0.4) is 0 Å². The zero-order valence-corrected chi connectivity index (χ0v) is 10.2. The van der Waals surface area contributed by atoms with Gasteiger partial charge in [-0.15, -0.1) is 11.8 Å². The summed E-state index contributed by atoms with van der Waals surface area (Å²) in [6.07, 6.45) is 4.60. The Morgan fingerprint density at radius 2 is 1.80 bits per heavy atom. The third-order valence-corrected chi connectivity index (χ3v) is 3.67. The first kappa shape index (κ1) is 12.6. The van der Waals surface area contributed by atoms with E-state index in [1.165, 1.54) is 29.1 Å². The zero-order valence-electron chi connectivity index (χ0n) is 9.41. The van der Waals surface area contributed by atoms with Crippen LogP contribution in [0.1, 0.15) is 31.2 Å². The second-order valence-electron chi connectivity index (χ2n) is 3.75. The molecule has 0 fully saturated rings. The number of benzene rings is 1. The van der Waals surface area contributed by atoms with Gasteiger partial charge in [0.25, 0.3) is 0 Å². The Morgan fingerprint density at radius 3 is 2.53 bits per heavy atom. The predicted molar refractivity (Wildman–Crippen MR) is 67.5 cm³/mol. The van der Waals surface area contributed by atoms with Gasteiger partial charge in [-0.2, -0.15) is 0 Å². The molecule has 1 nitrogen and oxygen atoms in total. The van der Waals surface area contributed by atoms with Crippen LogP contribution in [-0.4, -0.2) is 17.5 Å². The summed E-state index contributed by atoms with van der Waals surface area (Å²) in [5.74, 6) is 1.19. The standard InChI is InChI=1S/C13H20OS/c1-12-8-4-5-9-13(12)15-11-7-3-2-6-10-14/h4-5,8-9,14H,2-3,6-7,10-11H2,1H3. The molecule has 0 spiro atoms. The Bertz CT molecular complexity index is 273. The molecule has 0 saturated heterocycles. The predicted octanol–water partition coefficient (Wildman–Crippen LogP) is 3.64. The molecule has 1 aromatic rings. The first-order chi connectivity index (χ1) is 7.34. The maximum absolute atomic E-state index is 8.63. The van der Waals surface area contributed by atoms with E-state index >= 15 is 0 Å². The van der Waals surface area contributed by atoms with Gasteiger partial charge >= 0.3 is 0 Å². The summed E-state index contributed by atoms with van der Waals surface area (Å²) < 4.78 is 0. The highest BCUT2D eigenvalue weighted by Gasteiger charge is 1.97. The van der Waals surface area contributed by atoms with Crippen LogP contribution in [0.15, 0.2) is 29.2 Å². The van der Waals surface area contributed by atoms with Crippen molar-refractivity contribution in [2.24, 2.45) is 0 Å². The SMILES string of the molecule is Cc1ccccc1SCCCCCCO. The molecular formula is C13H20OS. The molecule has 15 heavy (non-hydrogen) atoms. The second kappa shape index (κ2) is 7.77. The van der Waals surface area contributed by atoms with Crippen molar-refractivity contribution in [2.45, 2.75) is 37.5 Å². The highest BCUT2D eigenvalue weighted by atomic mass is 32.2. The molecular weight excluding hydrogens is 204 g/mol. The Morgan fingerprint density at radius 1 is 1.07 bits per heavy atom. The first-order valence-corrected chi connectivity index (χ1v) is 6.62. The Balaban J connectivity index is 2.12. The fourth-order valence-corrected chi connectivity index (χ4v) is 2.51. The monoisotopic (exact) mass is 224 g/mol. The molecule has 1 aromatic carbocycles. The van der Waals surface area contributed by atoms with Crippen LogP contribution >= 0.6 is 11.8 Å². The van der Waals surface area contributed by atoms with Gasteiger partial charge in [0, 0.05) is 11.5 Å². The number of aliphatic hydroxyl groups is 1. The number of unbranched alkanes of at least 4 members (excludes halogenated alkanes) is 3. The molecule has 0 aromatic heterocycles. The van der Waals surface area contributed by atoms with Gasteiger partial charge in [0.1, 0.15) is 0 Å². The maximum atomic E-state index is 8.63. The molecule has 0 amide bonds. The van der Waals surface area contributed by atoms with Crippen LogP contribution in [-0.2, 0) is 0 Å². The third kappa shape index (κ3) is 5.24. The van der Waals surface area contributed by atoms with Crippen molar-refractivity contribution in [3.8, 4) is 0 Å². The van der Waals surface area contributed by atoms with Crippen LogP contribution in [0.4, 0.5) is 0 Å². The minimum absolute atomic E-state index is 0.338. The van der Waals surface area contributed by atoms with Gasteiger partial charge in [0.2, 0.25) is 0 Å². The Kier molecular flexibility index (Phi) is 6.53. The molecule has 0 aliphatic carbocycles. The van der Waals surface area contributed by atoms with Crippen molar-refractivity contribution in [1.29, 1.82) is 0 Å². The largest absolute Gasteiger partial charge is 0.396 e. The number of thioether (sulfide) groups is 1. The van der Waals surface area contributed by atoms with Crippen molar-refractivity contribution < 1.29 is 5.11 Å². The summed E-state index contributed by atoms with van der Waals surface area (Å²) >= 11 is 1.94. The summed E-state index contributed by atoms with van der Waals surface area (Å²) in [6, 6.07) is 8.53. The fraction of sp³-hybridized carbons (Fsp3) is 0.538. The number of hydrogen-bond donors (Lipinski definition) is 1. The van der Waals surface area contributed by atoms with Gasteiger partial charge in [0.15, 0.2) is 0 Å². The van der Waals surface area contributed by atoms with Crippen LogP contribution < -0.4 is 0 Å². The summed E-state index contributed by atoms with van der Waals surface area (Å²) in [6.45, 7) is 2.50. The smallest absolute Gasteiger partial charge is 0.0431 e. The van der Waals surface area contributed by atoms with Crippen LogP contribution in [0, 0.1) is 6.92 Å². The molecule has 1 N–H and O–H groups in total. The topological polar surface area (TPSA) is 20.2 Å². The van der Waals surface area contributed by atoms with Gasteiger partial charge < -0.3 is 5.11 Å². The molecule has 84 valence electrons. The molecule has 2 heteroatoms. The maximum Gasteiger partial charge on any atom is 0.0431 e.